The molecule has 0 aliphatic rings. The van der Waals surface area contributed by atoms with Gasteiger partial charge in [0, 0.05) is 6.20 Å². The molecule has 0 saturated carbocycles. The minimum atomic E-state index is -0.439. The lowest BCUT2D eigenvalue weighted by atomic mass is 10.1. The van der Waals surface area contributed by atoms with Gasteiger partial charge in [0.05, 0.1) is 12.1 Å². The Balaban J connectivity index is 1.80. The Kier molecular flexibility index (Phi) is 4.38. The average molecular weight is 308 g/mol. The van der Waals surface area contributed by atoms with Gasteiger partial charge >= 0.3 is 5.69 Å². The highest BCUT2D eigenvalue weighted by atomic mass is 16.5. The van der Waals surface area contributed by atoms with E-state index in [0.717, 1.165) is 11.3 Å². The highest BCUT2D eigenvalue weighted by Crippen LogP contribution is 2.13. The van der Waals surface area contributed by atoms with E-state index in [-0.39, 0.29) is 5.56 Å². The quantitative estimate of drug-likeness (QED) is 0.786. The van der Waals surface area contributed by atoms with Crippen LogP contribution in [0.15, 0.2) is 76.4 Å². The number of hydrogen-bond donors (Lipinski definition) is 1. The molecule has 0 fully saturated rings. The second-order valence-corrected chi connectivity index (χ2v) is 5.02. The Morgan fingerprint density at radius 1 is 0.913 bits per heavy atom. The van der Waals surface area contributed by atoms with E-state index in [4.69, 9.17) is 4.74 Å². The molecule has 1 heterocycles. The highest BCUT2D eigenvalue weighted by molar-refractivity contribution is 5.60. The fraction of sp³-hybridized carbons (Fsp3) is 0.111. The number of H-pyrrole nitrogens is 1. The smallest absolute Gasteiger partial charge is 0.328 e. The molecule has 0 amide bonds. The van der Waals surface area contributed by atoms with Crippen LogP contribution >= 0.6 is 0 Å². The molecule has 3 aromatic rings. The molecule has 3 rings (SSSR count). The fourth-order valence-corrected chi connectivity index (χ4v) is 2.28. The monoisotopic (exact) mass is 308 g/mol. The van der Waals surface area contributed by atoms with Gasteiger partial charge in [0.15, 0.2) is 0 Å². The van der Waals surface area contributed by atoms with Gasteiger partial charge in [-0.25, -0.2) is 4.79 Å². The summed E-state index contributed by atoms with van der Waals surface area (Å²) in [4.78, 5) is 26.3. The number of rotatable bonds is 5. The van der Waals surface area contributed by atoms with Gasteiger partial charge in [-0.05, 0) is 17.7 Å². The largest absolute Gasteiger partial charge is 0.492 e. The molecule has 0 spiro atoms. The van der Waals surface area contributed by atoms with Gasteiger partial charge in [-0.2, -0.15) is 0 Å². The predicted molar refractivity (Wildman–Crippen MR) is 88.7 cm³/mol. The normalized spacial score (nSPS) is 10.4. The summed E-state index contributed by atoms with van der Waals surface area (Å²) < 4.78 is 7.04. The summed E-state index contributed by atoms with van der Waals surface area (Å²) in [6.07, 6.45) is 1.57. The fourth-order valence-electron chi connectivity index (χ4n) is 2.28. The molecule has 2 aromatic carbocycles. The number of benzene rings is 2. The Morgan fingerprint density at radius 2 is 1.57 bits per heavy atom. The molecule has 0 aliphatic heterocycles. The van der Waals surface area contributed by atoms with Crippen molar-refractivity contribution in [3.63, 3.8) is 0 Å². The van der Waals surface area contributed by atoms with Crippen molar-refractivity contribution < 1.29 is 4.74 Å². The molecule has 0 atom stereocenters. The van der Waals surface area contributed by atoms with Crippen molar-refractivity contribution in [1.29, 1.82) is 0 Å². The minimum Gasteiger partial charge on any atom is -0.492 e. The van der Waals surface area contributed by atoms with Crippen LogP contribution in [0.25, 0.3) is 11.1 Å². The Morgan fingerprint density at radius 3 is 2.26 bits per heavy atom. The second kappa shape index (κ2) is 6.79. The van der Waals surface area contributed by atoms with Gasteiger partial charge in [0.1, 0.15) is 12.4 Å². The number of aromatic nitrogens is 2. The van der Waals surface area contributed by atoms with Crippen molar-refractivity contribution in [3.05, 3.63) is 87.7 Å². The van der Waals surface area contributed by atoms with E-state index in [2.05, 4.69) is 4.98 Å². The van der Waals surface area contributed by atoms with Gasteiger partial charge in [-0.15, -0.1) is 0 Å². The minimum absolute atomic E-state index is 0.337. The lowest BCUT2D eigenvalue weighted by molar-refractivity contribution is 0.295. The van der Waals surface area contributed by atoms with Crippen LogP contribution in [0.2, 0.25) is 0 Å². The van der Waals surface area contributed by atoms with E-state index >= 15 is 0 Å². The lowest BCUT2D eigenvalue weighted by Gasteiger charge is -2.09. The van der Waals surface area contributed by atoms with Crippen molar-refractivity contribution in [2.24, 2.45) is 0 Å². The first kappa shape index (κ1) is 14.8. The molecule has 23 heavy (non-hydrogen) atoms. The first-order valence-corrected chi connectivity index (χ1v) is 7.31. The maximum Gasteiger partial charge on any atom is 0.328 e. The molecule has 5 heteroatoms. The number of nitrogens with one attached hydrogen (secondary N) is 1. The molecule has 0 saturated heterocycles. The van der Waals surface area contributed by atoms with Gasteiger partial charge < -0.3 is 4.74 Å². The first-order chi connectivity index (χ1) is 11.2. The molecule has 0 aliphatic carbocycles. The zero-order valence-electron chi connectivity index (χ0n) is 12.4. The molecule has 0 unspecified atom stereocenters. The predicted octanol–water partition coefficient (Wildman–Crippen LogP) is 2.28. The lowest BCUT2D eigenvalue weighted by Crippen LogP contribution is -2.31. The third-order valence-electron chi connectivity index (χ3n) is 3.44. The summed E-state index contributed by atoms with van der Waals surface area (Å²) in [7, 11) is 0. The van der Waals surface area contributed by atoms with Gasteiger partial charge in [0.25, 0.3) is 5.56 Å². The van der Waals surface area contributed by atoms with Crippen LogP contribution in [-0.4, -0.2) is 16.2 Å². The molecule has 1 N–H and O–H groups in total. The van der Waals surface area contributed by atoms with Crippen LogP contribution in [0, 0.1) is 0 Å². The molecule has 5 nitrogen and oxygen atoms in total. The first-order valence-electron chi connectivity index (χ1n) is 7.31. The van der Waals surface area contributed by atoms with Crippen molar-refractivity contribution >= 4 is 0 Å². The molecule has 116 valence electrons. The SMILES string of the molecule is O=c1[nH]c(=O)n(CCOc2ccccc2)cc1-c1ccccc1. The van der Waals surface area contributed by atoms with E-state index in [0.29, 0.717) is 18.7 Å². The van der Waals surface area contributed by atoms with Crippen molar-refractivity contribution in [1.82, 2.24) is 9.55 Å². The number of para-hydroxylation sites is 1. The Hall–Kier alpha value is -3.08. The van der Waals surface area contributed by atoms with E-state index < -0.39 is 5.69 Å². The summed E-state index contributed by atoms with van der Waals surface area (Å²) in [6.45, 7) is 0.689. The van der Waals surface area contributed by atoms with Crippen LogP contribution in [0.1, 0.15) is 0 Å². The summed E-state index contributed by atoms with van der Waals surface area (Å²) >= 11 is 0. The van der Waals surface area contributed by atoms with Gasteiger partial charge in [-0.1, -0.05) is 48.5 Å². The summed E-state index contributed by atoms with van der Waals surface area (Å²) in [5.41, 5.74) is 0.407. The molecular weight excluding hydrogens is 292 g/mol. The van der Waals surface area contributed by atoms with Crippen LogP contribution in [-0.2, 0) is 6.54 Å². The molecular formula is C18H16N2O3. The van der Waals surface area contributed by atoms with Crippen LogP contribution < -0.4 is 16.0 Å². The number of ether oxygens (including phenoxy) is 1. The summed E-state index contributed by atoms with van der Waals surface area (Å²) in [5.74, 6) is 0.744. The Bertz CT molecular complexity index is 883. The highest BCUT2D eigenvalue weighted by Gasteiger charge is 2.07. The number of hydrogen-bond acceptors (Lipinski definition) is 3. The standard InChI is InChI=1S/C18H16N2O3/c21-17-16(14-7-3-1-4-8-14)13-20(18(22)19-17)11-12-23-15-9-5-2-6-10-15/h1-10,13H,11-12H2,(H,19,21,22). The summed E-state index contributed by atoms with van der Waals surface area (Å²) in [6, 6.07) is 18.6. The van der Waals surface area contributed by atoms with Crippen LogP contribution in [0.3, 0.4) is 0 Å². The van der Waals surface area contributed by atoms with E-state index in [9.17, 15) is 9.59 Å². The maximum atomic E-state index is 12.0. The van der Waals surface area contributed by atoms with Crippen molar-refractivity contribution in [2.45, 2.75) is 6.54 Å². The van der Waals surface area contributed by atoms with E-state index in [1.807, 2.05) is 60.7 Å². The van der Waals surface area contributed by atoms with E-state index in [1.165, 1.54) is 4.57 Å². The second-order valence-electron chi connectivity index (χ2n) is 5.02. The van der Waals surface area contributed by atoms with E-state index in [1.54, 1.807) is 6.20 Å². The third kappa shape index (κ3) is 3.58. The zero-order valence-corrected chi connectivity index (χ0v) is 12.4. The zero-order chi connectivity index (χ0) is 16.1. The average Bonchev–Trinajstić information content (AvgIpc) is 2.58. The Labute approximate surface area is 132 Å². The van der Waals surface area contributed by atoms with Crippen LogP contribution in [0.4, 0.5) is 0 Å². The van der Waals surface area contributed by atoms with Crippen molar-refractivity contribution in [3.8, 4) is 16.9 Å². The molecule has 0 radical (unpaired) electrons. The van der Waals surface area contributed by atoms with Crippen LogP contribution in [0.5, 0.6) is 5.75 Å². The van der Waals surface area contributed by atoms with Gasteiger partial charge in [-0.3, -0.25) is 14.3 Å². The molecule has 0 bridgehead atoms. The maximum absolute atomic E-state index is 12.0. The summed E-state index contributed by atoms with van der Waals surface area (Å²) in [5, 5.41) is 0. The third-order valence-corrected chi connectivity index (χ3v) is 3.44. The molecule has 1 aromatic heterocycles. The number of aromatic amines is 1. The van der Waals surface area contributed by atoms with Gasteiger partial charge in [0.2, 0.25) is 0 Å². The van der Waals surface area contributed by atoms with Crippen molar-refractivity contribution in [2.75, 3.05) is 6.61 Å². The topological polar surface area (TPSA) is 64.1 Å². The number of nitrogens with zero attached hydrogens (tertiary/aromatic N) is 1.